The van der Waals surface area contributed by atoms with E-state index < -0.39 is 0 Å². The zero-order valence-electron chi connectivity index (χ0n) is 13.4. The fourth-order valence-electron chi connectivity index (χ4n) is 2.36. The third kappa shape index (κ3) is 4.01. The lowest BCUT2D eigenvalue weighted by Crippen LogP contribution is -2.02. The van der Waals surface area contributed by atoms with Crippen molar-refractivity contribution >= 4 is 10.9 Å². The van der Waals surface area contributed by atoms with Gasteiger partial charge in [0.15, 0.2) is 11.5 Å². The van der Waals surface area contributed by atoms with Crippen LogP contribution in [-0.2, 0) is 6.61 Å². The number of hydrogen-bond acceptors (Lipinski definition) is 3. The maximum atomic E-state index is 5.92. The van der Waals surface area contributed by atoms with E-state index in [-0.39, 0.29) is 0 Å². The van der Waals surface area contributed by atoms with Gasteiger partial charge in [0.25, 0.3) is 0 Å². The SMILES string of the molecule is CCCCOc1ccccc1OCc1ccc2ccccc2n1. The number of hydrogen-bond donors (Lipinski definition) is 0. The molecular weight excluding hydrogens is 286 g/mol. The highest BCUT2D eigenvalue weighted by Crippen LogP contribution is 2.27. The molecule has 0 N–H and O–H groups in total. The Labute approximate surface area is 136 Å². The molecule has 0 radical (unpaired) electrons. The number of unbranched alkanes of at least 4 members (excludes halogenated alkanes) is 1. The van der Waals surface area contributed by atoms with E-state index in [1.807, 2.05) is 48.5 Å². The summed E-state index contributed by atoms with van der Waals surface area (Å²) >= 11 is 0. The molecule has 3 aromatic rings. The molecule has 0 atom stereocenters. The van der Waals surface area contributed by atoms with Gasteiger partial charge in [-0.05, 0) is 30.7 Å². The summed E-state index contributed by atoms with van der Waals surface area (Å²) in [4.78, 5) is 4.63. The first-order valence-electron chi connectivity index (χ1n) is 8.06. The molecule has 3 rings (SSSR count). The van der Waals surface area contributed by atoms with Crippen LogP contribution in [0.4, 0.5) is 0 Å². The average molecular weight is 307 g/mol. The van der Waals surface area contributed by atoms with Crippen molar-refractivity contribution in [1.29, 1.82) is 0 Å². The minimum absolute atomic E-state index is 0.430. The van der Waals surface area contributed by atoms with Crippen molar-refractivity contribution in [2.75, 3.05) is 6.61 Å². The monoisotopic (exact) mass is 307 g/mol. The van der Waals surface area contributed by atoms with Crippen molar-refractivity contribution in [3.05, 3.63) is 66.4 Å². The Bertz CT molecular complexity index is 770. The van der Waals surface area contributed by atoms with Gasteiger partial charge >= 0.3 is 0 Å². The van der Waals surface area contributed by atoms with Crippen LogP contribution in [0.5, 0.6) is 11.5 Å². The van der Waals surface area contributed by atoms with E-state index >= 15 is 0 Å². The molecule has 1 aromatic heterocycles. The van der Waals surface area contributed by atoms with E-state index in [4.69, 9.17) is 9.47 Å². The Morgan fingerprint density at radius 3 is 2.39 bits per heavy atom. The smallest absolute Gasteiger partial charge is 0.161 e. The largest absolute Gasteiger partial charge is 0.490 e. The summed E-state index contributed by atoms with van der Waals surface area (Å²) in [6, 6.07) is 20.0. The van der Waals surface area contributed by atoms with Crippen molar-refractivity contribution < 1.29 is 9.47 Å². The van der Waals surface area contributed by atoms with Crippen LogP contribution in [0.2, 0.25) is 0 Å². The Morgan fingerprint density at radius 1 is 0.826 bits per heavy atom. The van der Waals surface area contributed by atoms with Crippen LogP contribution in [0.15, 0.2) is 60.7 Å². The first-order valence-corrected chi connectivity index (χ1v) is 8.06. The van der Waals surface area contributed by atoms with Crippen LogP contribution in [0.3, 0.4) is 0 Å². The molecule has 2 aromatic carbocycles. The van der Waals surface area contributed by atoms with Crippen LogP contribution in [0.1, 0.15) is 25.5 Å². The molecule has 0 fully saturated rings. The summed E-state index contributed by atoms with van der Waals surface area (Å²) < 4.78 is 11.7. The molecule has 0 saturated heterocycles. The second kappa shape index (κ2) is 7.63. The first-order chi connectivity index (χ1) is 11.4. The van der Waals surface area contributed by atoms with Gasteiger partial charge in [-0.15, -0.1) is 0 Å². The molecule has 0 unspecified atom stereocenters. The number of ether oxygens (including phenoxy) is 2. The van der Waals surface area contributed by atoms with Crippen molar-refractivity contribution in [2.45, 2.75) is 26.4 Å². The summed E-state index contributed by atoms with van der Waals surface area (Å²) in [6.45, 7) is 3.29. The van der Waals surface area contributed by atoms with Gasteiger partial charge in [-0.2, -0.15) is 0 Å². The topological polar surface area (TPSA) is 31.4 Å². The molecule has 0 spiro atoms. The number of benzene rings is 2. The molecule has 1 heterocycles. The van der Waals surface area contributed by atoms with E-state index in [1.54, 1.807) is 0 Å². The quantitative estimate of drug-likeness (QED) is 0.576. The van der Waals surface area contributed by atoms with Crippen LogP contribution < -0.4 is 9.47 Å². The molecule has 3 heteroatoms. The van der Waals surface area contributed by atoms with Crippen LogP contribution in [0, 0.1) is 0 Å². The maximum absolute atomic E-state index is 5.92. The molecule has 0 bridgehead atoms. The van der Waals surface area contributed by atoms with Crippen molar-refractivity contribution in [1.82, 2.24) is 4.98 Å². The highest BCUT2D eigenvalue weighted by atomic mass is 16.5. The average Bonchev–Trinajstić information content (AvgIpc) is 2.61. The van der Waals surface area contributed by atoms with Gasteiger partial charge in [0, 0.05) is 5.39 Å². The normalized spacial score (nSPS) is 10.7. The maximum Gasteiger partial charge on any atom is 0.161 e. The fraction of sp³-hybridized carbons (Fsp3) is 0.250. The minimum Gasteiger partial charge on any atom is -0.490 e. The summed E-state index contributed by atoms with van der Waals surface area (Å²) in [5.74, 6) is 1.56. The van der Waals surface area contributed by atoms with E-state index in [9.17, 15) is 0 Å². The van der Waals surface area contributed by atoms with Gasteiger partial charge in [0.05, 0.1) is 17.8 Å². The van der Waals surface area contributed by atoms with Gasteiger partial charge in [-0.25, -0.2) is 4.98 Å². The molecular formula is C20H21NO2. The number of nitrogens with zero attached hydrogens (tertiary/aromatic N) is 1. The minimum atomic E-state index is 0.430. The van der Waals surface area contributed by atoms with Crippen molar-refractivity contribution in [2.24, 2.45) is 0 Å². The highest BCUT2D eigenvalue weighted by Gasteiger charge is 2.05. The summed E-state index contributed by atoms with van der Waals surface area (Å²) in [6.07, 6.45) is 2.16. The van der Waals surface area contributed by atoms with E-state index in [0.717, 1.165) is 40.9 Å². The molecule has 0 aliphatic carbocycles. The van der Waals surface area contributed by atoms with Crippen LogP contribution in [-0.4, -0.2) is 11.6 Å². The summed E-state index contributed by atoms with van der Waals surface area (Å²) in [7, 11) is 0. The Hall–Kier alpha value is -2.55. The molecule has 0 amide bonds. The molecule has 23 heavy (non-hydrogen) atoms. The molecule has 118 valence electrons. The second-order valence-corrected chi connectivity index (χ2v) is 5.43. The van der Waals surface area contributed by atoms with Gasteiger partial charge in [0.1, 0.15) is 6.61 Å². The van der Waals surface area contributed by atoms with Gasteiger partial charge in [-0.1, -0.05) is 49.7 Å². The lowest BCUT2D eigenvalue weighted by Gasteiger charge is -2.12. The van der Waals surface area contributed by atoms with Crippen LogP contribution in [0.25, 0.3) is 10.9 Å². The standard InChI is InChI=1S/C20H21NO2/c1-2-3-14-22-19-10-6-7-11-20(19)23-15-17-13-12-16-8-4-5-9-18(16)21-17/h4-13H,2-3,14-15H2,1H3. The lowest BCUT2D eigenvalue weighted by molar-refractivity contribution is 0.257. The van der Waals surface area contributed by atoms with Crippen LogP contribution >= 0.6 is 0 Å². The van der Waals surface area contributed by atoms with Gasteiger partial charge in [0.2, 0.25) is 0 Å². The van der Waals surface area contributed by atoms with E-state index in [2.05, 4.69) is 24.0 Å². The summed E-state index contributed by atoms with van der Waals surface area (Å²) in [5, 5.41) is 1.14. The number of aromatic nitrogens is 1. The second-order valence-electron chi connectivity index (χ2n) is 5.43. The van der Waals surface area contributed by atoms with Crippen molar-refractivity contribution in [3.8, 4) is 11.5 Å². The predicted octanol–water partition coefficient (Wildman–Crippen LogP) is 4.99. The van der Waals surface area contributed by atoms with Gasteiger partial charge < -0.3 is 9.47 Å². The zero-order valence-corrected chi connectivity index (χ0v) is 13.4. The Balaban J connectivity index is 1.69. The Morgan fingerprint density at radius 2 is 1.57 bits per heavy atom. The zero-order chi connectivity index (χ0) is 15.9. The predicted molar refractivity (Wildman–Crippen MR) is 92.9 cm³/mol. The van der Waals surface area contributed by atoms with Crippen molar-refractivity contribution in [3.63, 3.8) is 0 Å². The number of para-hydroxylation sites is 3. The van der Waals surface area contributed by atoms with E-state index in [1.165, 1.54) is 0 Å². The molecule has 0 aliphatic rings. The number of pyridine rings is 1. The lowest BCUT2D eigenvalue weighted by atomic mass is 10.2. The molecule has 0 saturated carbocycles. The molecule has 3 nitrogen and oxygen atoms in total. The fourth-order valence-corrected chi connectivity index (χ4v) is 2.36. The van der Waals surface area contributed by atoms with Gasteiger partial charge in [-0.3, -0.25) is 0 Å². The van der Waals surface area contributed by atoms with E-state index in [0.29, 0.717) is 13.2 Å². The summed E-state index contributed by atoms with van der Waals surface area (Å²) in [5.41, 5.74) is 1.90. The highest BCUT2D eigenvalue weighted by molar-refractivity contribution is 5.78. The number of rotatable bonds is 7. The molecule has 0 aliphatic heterocycles. The Kier molecular flexibility index (Phi) is 5.09. The third-order valence-corrected chi connectivity index (χ3v) is 3.64. The number of fused-ring (bicyclic) bond motifs is 1. The first kappa shape index (κ1) is 15.3. The third-order valence-electron chi connectivity index (χ3n) is 3.64.